The molecular weight excluding hydrogens is 206 g/mol. The van der Waals surface area contributed by atoms with Gasteiger partial charge >= 0.3 is 0 Å². The average Bonchev–Trinajstić information content (AvgIpc) is 2.79. The molecule has 2 atom stereocenters. The zero-order valence-electron chi connectivity index (χ0n) is 11.2. The summed E-state index contributed by atoms with van der Waals surface area (Å²) in [7, 11) is 2.07. The number of benzene rings is 1. The van der Waals surface area contributed by atoms with Gasteiger partial charge in [-0.25, -0.2) is 0 Å². The Labute approximate surface area is 106 Å². The summed E-state index contributed by atoms with van der Waals surface area (Å²) in [5.74, 6) is 1.64. The number of hydrogen-bond donors (Lipinski definition) is 1. The normalized spacial score (nSPS) is 24.1. The highest BCUT2D eigenvalue weighted by Gasteiger charge is 2.27. The van der Waals surface area contributed by atoms with Crippen LogP contribution in [0, 0.1) is 5.92 Å². The molecule has 1 aliphatic rings. The molecule has 0 aliphatic heterocycles. The second-order valence-corrected chi connectivity index (χ2v) is 5.35. The van der Waals surface area contributed by atoms with Gasteiger partial charge in [-0.15, -0.1) is 0 Å². The highest BCUT2D eigenvalue weighted by Crippen LogP contribution is 2.39. The second-order valence-electron chi connectivity index (χ2n) is 5.35. The molecule has 0 radical (unpaired) electrons. The molecule has 1 aromatic rings. The molecule has 94 valence electrons. The molecule has 0 heterocycles. The van der Waals surface area contributed by atoms with Crippen molar-refractivity contribution in [1.29, 1.82) is 0 Å². The van der Waals surface area contributed by atoms with Crippen LogP contribution >= 0.6 is 0 Å². The van der Waals surface area contributed by atoms with E-state index in [4.69, 9.17) is 0 Å². The van der Waals surface area contributed by atoms with Gasteiger partial charge in [0.2, 0.25) is 0 Å². The molecule has 0 aromatic heterocycles. The molecule has 0 spiro atoms. The molecule has 1 aliphatic carbocycles. The fourth-order valence-corrected chi connectivity index (χ4v) is 3.25. The lowest BCUT2D eigenvalue weighted by Gasteiger charge is -2.20. The van der Waals surface area contributed by atoms with Crippen LogP contribution in [0.2, 0.25) is 0 Å². The van der Waals surface area contributed by atoms with E-state index in [2.05, 4.69) is 43.6 Å². The zero-order chi connectivity index (χ0) is 12.1. The first-order valence-electron chi connectivity index (χ1n) is 7.08. The third-order valence-electron chi connectivity index (χ3n) is 4.04. The van der Waals surface area contributed by atoms with Crippen LogP contribution in [0.4, 0.5) is 0 Å². The van der Waals surface area contributed by atoms with Crippen LogP contribution in [0.1, 0.15) is 49.7 Å². The number of hydrogen-bond acceptors (Lipinski definition) is 1. The Morgan fingerprint density at radius 3 is 2.94 bits per heavy atom. The van der Waals surface area contributed by atoms with Crippen molar-refractivity contribution in [3.63, 3.8) is 0 Å². The van der Waals surface area contributed by atoms with Gasteiger partial charge in [0, 0.05) is 0 Å². The number of nitrogens with one attached hydrogen (secondary N) is 1. The van der Waals surface area contributed by atoms with Gasteiger partial charge < -0.3 is 5.32 Å². The molecular formula is C16H25N. The van der Waals surface area contributed by atoms with E-state index < -0.39 is 0 Å². The van der Waals surface area contributed by atoms with Gasteiger partial charge in [-0.2, -0.15) is 0 Å². The largest absolute Gasteiger partial charge is 0.319 e. The Bertz CT molecular complexity index is 345. The van der Waals surface area contributed by atoms with E-state index >= 15 is 0 Å². The van der Waals surface area contributed by atoms with Gasteiger partial charge in [0.1, 0.15) is 0 Å². The van der Waals surface area contributed by atoms with Crippen LogP contribution in [0.15, 0.2) is 24.3 Å². The van der Waals surface area contributed by atoms with Crippen LogP contribution in [0.3, 0.4) is 0 Å². The van der Waals surface area contributed by atoms with E-state index in [0.717, 1.165) is 11.8 Å². The Morgan fingerprint density at radius 2 is 2.18 bits per heavy atom. The van der Waals surface area contributed by atoms with Crippen LogP contribution in [0.25, 0.3) is 0 Å². The summed E-state index contributed by atoms with van der Waals surface area (Å²) in [5.41, 5.74) is 3.09. The fraction of sp³-hybridized carbons (Fsp3) is 0.625. The fourth-order valence-electron chi connectivity index (χ4n) is 3.25. The molecule has 0 saturated heterocycles. The standard InChI is InChI=1S/C16H25N/c1-3-6-13-7-4-8-14(11-13)16-10-5-9-15(16)12-17-2/h4,7-8,11,15-17H,3,5-6,9-10,12H2,1-2H3. The van der Waals surface area contributed by atoms with Crippen molar-refractivity contribution in [3.05, 3.63) is 35.4 Å². The molecule has 17 heavy (non-hydrogen) atoms. The van der Waals surface area contributed by atoms with E-state index in [-0.39, 0.29) is 0 Å². The third-order valence-corrected chi connectivity index (χ3v) is 4.04. The average molecular weight is 231 g/mol. The van der Waals surface area contributed by atoms with E-state index in [1.165, 1.54) is 44.2 Å². The van der Waals surface area contributed by atoms with Crippen molar-refractivity contribution in [3.8, 4) is 0 Å². The molecule has 1 fully saturated rings. The lowest BCUT2D eigenvalue weighted by molar-refractivity contribution is 0.462. The maximum Gasteiger partial charge on any atom is -0.00177 e. The Morgan fingerprint density at radius 1 is 1.29 bits per heavy atom. The maximum atomic E-state index is 3.35. The molecule has 1 aromatic carbocycles. The lowest BCUT2D eigenvalue weighted by atomic mass is 9.87. The highest BCUT2D eigenvalue weighted by molar-refractivity contribution is 5.28. The maximum absolute atomic E-state index is 3.35. The molecule has 2 rings (SSSR count). The smallest absolute Gasteiger partial charge is 0.00177 e. The Kier molecular flexibility index (Phi) is 4.61. The minimum atomic E-state index is 0.791. The van der Waals surface area contributed by atoms with Gasteiger partial charge in [0.15, 0.2) is 0 Å². The summed E-state index contributed by atoms with van der Waals surface area (Å²) >= 11 is 0. The van der Waals surface area contributed by atoms with E-state index in [0.29, 0.717) is 0 Å². The monoisotopic (exact) mass is 231 g/mol. The number of rotatable bonds is 5. The molecule has 1 saturated carbocycles. The van der Waals surface area contributed by atoms with Crippen LogP contribution < -0.4 is 5.32 Å². The van der Waals surface area contributed by atoms with Crippen molar-refractivity contribution in [2.24, 2.45) is 5.92 Å². The SMILES string of the molecule is CCCc1cccc(C2CCCC2CNC)c1. The minimum Gasteiger partial charge on any atom is -0.319 e. The van der Waals surface area contributed by atoms with Crippen LogP contribution in [-0.4, -0.2) is 13.6 Å². The van der Waals surface area contributed by atoms with Gasteiger partial charge in [-0.3, -0.25) is 0 Å². The summed E-state index contributed by atoms with van der Waals surface area (Å²) in [6.07, 6.45) is 6.63. The molecule has 2 unspecified atom stereocenters. The first-order chi connectivity index (χ1) is 8.35. The topological polar surface area (TPSA) is 12.0 Å². The predicted octanol–water partition coefficient (Wildman–Crippen LogP) is 3.74. The van der Waals surface area contributed by atoms with Crippen LogP contribution in [-0.2, 0) is 6.42 Å². The summed E-state index contributed by atoms with van der Waals surface area (Å²) in [6, 6.07) is 9.30. The summed E-state index contributed by atoms with van der Waals surface area (Å²) in [4.78, 5) is 0. The van der Waals surface area contributed by atoms with Crippen molar-refractivity contribution in [2.75, 3.05) is 13.6 Å². The lowest BCUT2D eigenvalue weighted by Crippen LogP contribution is -2.21. The van der Waals surface area contributed by atoms with E-state index in [1.807, 2.05) is 0 Å². The minimum absolute atomic E-state index is 0.791. The highest BCUT2D eigenvalue weighted by atomic mass is 14.8. The second kappa shape index (κ2) is 6.20. The predicted molar refractivity (Wildman–Crippen MR) is 74.4 cm³/mol. The molecule has 1 N–H and O–H groups in total. The third kappa shape index (κ3) is 3.10. The van der Waals surface area contributed by atoms with Gasteiger partial charge in [0.25, 0.3) is 0 Å². The Hall–Kier alpha value is -0.820. The molecule has 0 amide bonds. The molecule has 1 heteroatoms. The number of aryl methyl sites for hydroxylation is 1. The van der Waals surface area contributed by atoms with Crippen molar-refractivity contribution in [1.82, 2.24) is 5.32 Å². The van der Waals surface area contributed by atoms with E-state index in [1.54, 1.807) is 5.56 Å². The molecule has 0 bridgehead atoms. The van der Waals surface area contributed by atoms with Gasteiger partial charge in [-0.05, 0) is 55.8 Å². The first-order valence-corrected chi connectivity index (χ1v) is 7.08. The Balaban J connectivity index is 2.12. The quantitative estimate of drug-likeness (QED) is 0.814. The van der Waals surface area contributed by atoms with Crippen molar-refractivity contribution in [2.45, 2.75) is 44.9 Å². The van der Waals surface area contributed by atoms with E-state index in [9.17, 15) is 0 Å². The van der Waals surface area contributed by atoms with Crippen molar-refractivity contribution >= 4 is 0 Å². The first kappa shape index (κ1) is 12.6. The molecule has 1 nitrogen and oxygen atoms in total. The van der Waals surface area contributed by atoms with Gasteiger partial charge in [0.05, 0.1) is 0 Å². The van der Waals surface area contributed by atoms with Crippen molar-refractivity contribution < 1.29 is 0 Å². The summed E-state index contributed by atoms with van der Waals surface area (Å²) in [6.45, 7) is 3.43. The summed E-state index contributed by atoms with van der Waals surface area (Å²) in [5, 5.41) is 3.35. The van der Waals surface area contributed by atoms with Gasteiger partial charge in [-0.1, -0.05) is 44.0 Å². The summed E-state index contributed by atoms with van der Waals surface area (Å²) < 4.78 is 0. The zero-order valence-corrected chi connectivity index (χ0v) is 11.2. The van der Waals surface area contributed by atoms with Crippen LogP contribution in [0.5, 0.6) is 0 Å².